The third-order valence-electron chi connectivity index (χ3n) is 16.9. The van der Waals surface area contributed by atoms with E-state index in [4.69, 9.17) is 37.0 Å². The molecule has 0 amide bonds. The number of phosphoric acid groups is 2. The summed E-state index contributed by atoms with van der Waals surface area (Å²) in [6.45, 7) is 14.1. The van der Waals surface area contributed by atoms with Crippen molar-refractivity contribution in [3.63, 3.8) is 0 Å². The van der Waals surface area contributed by atoms with Crippen molar-refractivity contribution in [3.8, 4) is 0 Å². The average Bonchev–Trinajstić information content (AvgIpc) is 3.56. The molecular formula is C72H140O17P2. The van der Waals surface area contributed by atoms with Crippen LogP contribution in [0.3, 0.4) is 0 Å². The molecule has 17 nitrogen and oxygen atoms in total. The summed E-state index contributed by atoms with van der Waals surface area (Å²) in [6.07, 6.45) is 44.4. The fourth-order valence-electron chi connectivity index (χ4n) is 10.8. The molecule has 0 bridgehead atoms. The fourth-order valence-corrected chi connectivity index (χ4v) is 12.4. The summed E-state index contributed by atoms with van der Waals surface area (Å²) in [4.78, 5) is 72.6. The molecule has 6 atom stereocenters. The lowest BCUT2D eigenvalue weighted by molar-refractivity contribution is -0.161. The standard InChI is InChI=1S/C72H140O17P2/c1-9-65(8)51-43-35-27-19-14-15-20-28-36-44-52-69(74)82-58-67(88-71(76)54-46-38-29-21-13-11-10-12-17-24-32-40-48-62(2)3)60-86-90(78,79)84-56-66(73)57-85-91(80,81)87-61-68(59-83-70(75)53-45-37-31-23-26-34-42-50-64(6)7)89-72(77)55-47-39-30-22-16-18-25-33-41-49-63(4)5/h62-68,73H,9-61H2,1-8H3,(H,78,79)(H,80,81)/t65?,66?,67-,68-/m1/s1. The van der Waals surface area contributed by atoms with Crippen LogP contribution in [0.15, 0.2) is 0 Å². The molecule has 0 radical (unpaired) electrons. The van der Waals surface area contributed by atoms with Gasteiger partial charge in [-0.1, -0.05) is 306 Å². The maximum atomic E-state index is 13.0. The summed E-state index contributed by atoms with van der Waals surface area (Å²) >= 11 is 0. The molecule has 0 aromatic rings. The van der Waals surface area contributed by atoms with E-state index in [2.05, 4.69) is 55.4 Å². The Morgan fingerprint density at radius 2 is 0.527 bits per heavy atom. The molecule has 0 aliphatic heterocycles. The van der Waals surface area contributed by atoms with Gasteiger partial charge in [0.1, 0.15) is 19.3 Å². The zero-order valence-corrected chi connectivity index (χ0v) is 61.3. The van der Waals surface area contributed by atoms with Gasteiger partial charge in [-0.3, -0.25) is 37.3 Å². The number of hydrogen-bond acceptors (Lipinski definition) is 15. The number of esters is 4. The fraction of sp³-hybridized carbons (Fsp3) is 0.944. The van der Waals surface area contributed by atoms with Crippen LogP contribution in [0, 0.1) is 23.7 Å². The number of rotatable bonds is 69. The van der Waals surface area contributed by atoms with E-state index >= 15 is 0 Å². The van der Waals surface area contributed by atoms with Crippen molar-refractivity contribution in [2.75, 3.05) is 39.6 Å². The SMILES string of the molecule is CCC(C)CCCCCCCCCCCCC(=O)OC[C@H](COP(=O)(O)OCC(O)COP(=O)(O)OC[C@@H](COC(=O)CCCCCCCCCC(C)C)OC(=O)CCCCCCCCCCCC(C)C)OC(=O)CCCCCCCCCCCCCCC(C)C. The summed E-state index contributed by atoms with van der Waals surface area (Å²) in [5.41, 5.74) is 0. The van der Waals surface area contributed by atoms with Crippen LogP contribution in [0.4, 0.5) is 0 Å². The Labute approximate surface area is 556 Å². The van der Waals surface area contributed by atoms with Gasteiger partial charge in [0.15, 0.2) is 12.2 Å². The molecule has 0 aromatic heterocycles. The topological polar surface area (TPSA) is 237 Å². The van der Waals surface area contributed by atoms with Gasteiger partial charge < -0.3 is 33.8 Å². The molecule has 0 rings (SSSR count). The van der Waals surface area contributed by atoms with E-state index < -0.39 is 97.5 Å². The van der Waals surface area contributed by atoms with Crippen LogP contribution in [0.5, 0.6) is 0 Å². The number of aliphatic hydroxyl groups is 1. The summed E-state index contributed by atoms with van der Waals surface area (Å²) in [7, 11) is -9.91. The van der Waals surface area contributed by atoms with Crippen molar-refractivity contribution in [2.24, 2.45) is 23.7 Å². The zero-order valence-electron chi connectivity index (χ0n) is 59.5. The molecular weight excluding hydrogens is 1200 g/mol. The van der Waals surface area contributed by atoms with Crippen LogP contribution >= 0.6 is 15.6 Å². The van der Waals surface area contributed by atoms with Crippen LogP contribution in [0.2, 0.25) is 0 Å². The van der Waals surface area contributed by atoms with Crippen LogP contribution in [0.25, 0.3) is 0 Å². The highest BCUT2D eigenvalue weighted by molar-refractivity contribution is 7.47. The van der Waals surface area contributed by atoms with Crippen LogP contribution in [0.1, 0.15) is 357 Å². The molecule has 3 N–H and O–H groups in total. The third kappa shape index (κ3) is 65.1. The van der Waals surface area contributed by atoms with Crippen molar-refractivity contribution in [2.45, 2.75) is 375 Å². The Kier molecular flexibility index (Phi) is 60.3. The molecule has 19 heteroatoms. The molecule has 0 saturated carbocycles. The van der Waals surface area contributed by atoms with Crippen molar-refractivity contribution >= 4 is 39.5 Å². The Bertz CT molecular complexity index is 1800. The number of phosphoric ester groups is 2. The minimum Gasteiger partial charge on any atom is -0.462 e. The summed E-state index contributed by atoms with van der Waals surface area (Å²) in [5.74, 6) is 0.901. The monoisotopic (exact) mass is 1340 g/mol. The molecule has 91 heavy (non-hydrogen) atoms. The number of unbranched alkanes of at least 4 members (excludes halogenated alkanes) is 34. The Balaban J connectivity index is 5.27. The maximum absolute atomic E-state index is 13.0. The van der Waals surface area contributed by atoms with E-state index in [-0.39, 0.29) is 25.7 Å². The highest BCUT2D eigenvalue weighted by Crippen LogP contribution is 2.45. The van der Waals surface area contributed by atoms with Gasteiger partial charge in [0.25, 0.3) is 0 Å². The average molecular weight is 1340 g/mol. The van der Waals surface area contributed by atoms with Crippen molar-refractivity contribution in [3.05, 3.63) is 0 Å². The summed E-state index contributed by atoms with van der Waals surface area (Å²) < 4.78 is 68.4. The molecule has 0 spiro atoms. The minimum atomic E-state index is -4.95. The van der Waals surface area contributed by atoms with E-state index in [0.717, 1.165) is 114 Å². The second kappa shape index (κ2) is 61.6. The first-order valence-electron chi connectivity index (χ1n) is 37.2. The van der Waals surface area contributed by atoms with Crippen LogP contribution < -0.4 is 0 Å². The number of carbonyl (C=O) groups is 4. The number of aliphatic hydroxyl groups excluding tert-OH is 1. The molecule has 4 unspecified atom stereocenters. The second-order valence-corrected chi connectivity index (χ2v) is 30.6. The van der Waals surface area contributed by atoms with Gasteiger partial charge in [0, 0.05) is 25.7 Å². The van der Waals surface area contributed by atoms with Gasteiger partial charge in [0.2, 0.25) is 0 Å². The quantitative estimate of drug-likeness (QED) is 0.0222. The predicted molar refractivity (Wildman–Crippen MR) is 367 cm³/mol. The molecule has 0 fully saturated rings. The molecule has 0 aromatic carbocycles. The van der Waals surface area contributed by atoms with Crippen LogP contribution in [-0.4, -0.2) is 96.7 Å². The van der Waals surface area contributed by atoms with Crippen molar-refractivity contribution in [1.29, 1.82) is 0 Å². The Morgan fingerprint density at radius 1 is 0.308 bits per heavy atom. The Morgan fingerprint density at radius 3 is 0.780 bits per heavy atom. The van der Waals surface area contributed by atoms with Crippen molar-refractivity contribution in [1.82, 2.24) is 0 Å². The highest BCUT2D eigenvalue weighted by Gasteiger charge is 2.30. The lowest BCUT2D eigenvalue weighted by Gasteiger charge is -2.21. The van der Waals surface area contributed by atoms with Gasteiger partial charge in [-0.05, 0) is 49.4 Å². The molecule has 540 valence electrons. The van der Waals surface area contributed by atoms with Gasteiger partial charge in [0.05, 0.1) is 26.4 Å². The van der Waals surface area contributed by atoms with Gasteiger partial charge in [-0.15, -0.1) is 0 Å². The number of ether oxygens (including phenoxy) is 4. The van der Waals surface area contributed by atoms with Crippen LogP contribution in [-0.2, 0) is 65.4 Å². The minimum absolute atomic E-state index is 0.104. The van der Waals surface area contributed by atoms with Crippen molar-refractivity contribution < 1.29 is 80.2 Å². The van der Waals surface area contributed by atoms with E-state index in [0.29, 0.717) is 31.6 Å². The smallest absolute Gasteiger partial charge is 0.462 e. The summed E-state index contributed by atoms with van der Waals surface area (Å²) in [5, 5.41) is 10.6. The molecule has 0 heterocycles. The lowest BCUT2D eigenvalue weighted by atomic mass is 9.99. The highest BCUT2D eigenvalue weighted by atomic mass is 31.2. The second-order valence-electron chi connectivity index (χ2n) is 27.6. The van der Waals surface area contributed by atoms with Gasteiger partial charge in [-0.25, -0.2) is 9.13 Å². The summed E-state index contributed by atoms with van der Waals surface area (Å²) in [6, 6.07) is 0. The van der Waals surface area contributed by atoms with E-state index in [1.807, 2.05) is 0 Å². The van der Waals surface area contributed by atoms with E-state index in [1.165, 1.54) is 154 Å². The molecule has 0 aliphatic carbocycles. The molecule has 0 saturated heterocycles. The largest absolute Gasteiger partial charge is 0.472 e. The maximum Gasteiger partial charge on any atom is 0.472 e. The number of carbonyl (C=O) groups excluding carboxylic acids is 4. The number of hydrogen-bond donors (Lipinski definition) is 3. The molecule has 0 aliphatic rings. The normalized spacial score (nSPS) is 14.5. The van der Waals surface area contributed by atoms with E-state index in [1.54, 1.807) is 0 Å². The Hall–Kier alpha value is -1.94. The third-order valence-corrected chi connectivity index (χ3v) is 18.8. The first-order valence-corrected chi connectivity index (χ1v) is 40.2. The lowest BCUT2D eigenvalue weighted by Crippen LogP contribution is -2.30. The first kappa shape index (κ1) is 89.1. The van der Waals surface area contributed by atoms with Gasteiger partial charge >= 0.3 is 39.5 Å². The van der Waals surface area contributed by atoms with E-state index in [9.17, 15) is 43.2 Å². The predicted octanol–water partition coefficient (Wildman–Crippen LogP) is 20.5. The first-order chi connectivity index (χ1) is 43.6. The van der Waals surface area contributed by atoms with Gasteiger partial charge in [-0.2, -0.15) is 0 Å². The zero-order chi connectivity index (χ0) is 67.5.